The number of pyridine rings is 1. The number of aromatic nitrogens is 1. The number of hydrogen-bond donors (Lipinski definition) is 1. The highest BCUT2D eigenvalue weighted by molar-refractivity contribution is 6.12. The number of hydrogen-bond acceptors (Lipinski definition) is 5. The molecule has 0 saturated carbocycles. The van der Waals surface area contributed by atoms with Gasteiger partial charge in [-0.25, -0.2) is 4.79 Å². The van der Waals surface area contributed by atoms with Crippen LogP contribution in [0.2, 0.25) is 0 Å². The fourth-order valence-electron chi connectivity index (χ4n) is 2.90. The van der Waals surface area contributed by atoms with Gasteiger partial charge in [-0.2, -0.15) is 0 Å². The third-order valence-corrected chi connectivity index (χ3v) is 4.19. The number of fused-ring (bicyclic) bond motifs is 1. The molecular formula is C19H20N2O4. The molecule has 0 spiro atoms. The topological polar surface area (TPSA) is 77.4 Å². The van der Waals surface area contributed by atoms with Gasteiger partial charge in [0.05, 0.1) is 12.2 Å². The Morgan fingerprint density at radius 2 is 1.92 bits per heavy atom. The molecular weight excluding hydrogens is 320 g/mol. The maximum Gasteiger partial charge on any atom is 0.343 e. The minimum Gasteiger partial charge on any atom is -0.462 e. The van der Waals surface area contributed by atoms with E-state index >= 15 is 0 Å². The Hall–Kier alpha value is -2.89. The van der Waals surface area contributed by atoms with Gasteiger partial charge in [-0.1, -0.05) is 29.8 Å². The van der Waals surface area contributed by atoms with Crippen LogP contribution in [0.4, 0.5) is 5.82 Å². The minimum atomic E-state index is -0.702. The zero-order valence-electron chi connectivity index (χ0n) is 14.3. The molecule has 0 atom stereocenters. The maximum atomic E-state index is 13.0. The molecule has 6 nitrogen and oxygen atoms in total. The lowest BCUT2D eigenvalue weighted by Gasteiger charge is -2.23. The second-order valence-corrected chi connectivity index (χ2v) is 5.97. The number of carbonyl (C=O) groups is 2. The molecule has 0 fully saturated rings. The first kappa shape index (κ1) is 17.0. The van der Waals surface area contributed by atoms with Crippen molar-refractivity contribution in [2.24, 2.45) is 0 Å². The molecule has 0 radical (unpaired) electrons. The molecule has 0 unspecified atom stereocenters. The van der Waals surface area contributed by atoms with Gasteiger partial charge in [0.25, 0.3) is 5.56 Å². The van der Waals surface area contributed by atoms with Crippen LogP contribution in [0.5, 0.6) is 0 Å². The molecule has 0 bridgehead atoms. The van der Waals surface area contributed by atoms with Crippen LogP contribution in [0.15, 0.2) is 35.1 Å². The average Bonchev–Trinajstić information content (AvgIpc) is 2.62. The lowest BCUT2D eigenvalue weighted by molar-refractivity contribution is 0.0523. The van der Waals surface area contributed by atoms with Crippen molar-refractivity contribution in [2.45, 2.75) is 26.8 Å². The average molecular weight is 340 g/mol. The Kier molecular flexibility index (Phi) is 4.70. The van der Waals surface area contributed by atoms with Gasteiger partial charge in [-0.3, -0.25) is 14.2 Å². The predicted molar refractivity (Wildman–Crippen MR) is 94.4 cm³/mol. The van der Waals surface area contributed by atoms with Gasteiger partial charge >= 0.3 is 5.97 Å². The maximum absolute atomic E-state index is 13.0. The summed E-state index contributed by atoms with van der Waals surface area (Å²) < 4.78 is 6.43. The number of ether oxygens (including phenoxy) is 1. The van der Waals surface area contributed by atoms with Gasteiger partial charge in [-0.15, -0.1) is 0 Å². The molecule has 0 amide bonds. The van der Waals surface area contributed by atoms with Gasteiger partial charge in [0, 0.05) is 18.7 Å². The first-order valence-electron chi connectivity index (χ1n) is 8.33. The zero-order valence-corrected chi connectivity index (χ0v) is 14.3. The predicted octanol–water partition coefficient (Wildman–Crippen LogP) is 2.38. The second kappa shape index (κ2) is 6.93. The van der Waals surface area contributed by atoms with E-state index in [-0.39, 0.29) is 18.0 Å². The SMILES string of the molecule is CCOC(=O)c1cc(C(=O)c2ccc(C)cc2)c2n(c1=O)CCCN2. The standard InChI is InChI=1S/C19H20N2O4/c1-3-25-19(24)15-11-14(16(22)13-7-5-12(2)6-8-13)17-20-9-4-10-21(17)18(15)23/h5-8,11,20H,3-4,9-10H2,1-2H3. The summed E-state index contributed by atoms with van der Waals surface area (Å²) in [6.45, 7) is 4.92. The second-order valence-electron chi connectivity index (χ2n) is 5.97. The number of rotatable bonds is 4. The van der Waals surface area contributed by atoms with Crippen LogP contribution in [-0.2, 0) is 11.3 Å². The zero-order chi connectivity index (χ0) is 18.0. The molecule has 2 aromatic rings. The van der Waals surface area contributed by atoms with Crippen molar-refractivity contribution in [2.75, 3.05) is 18.5 Å². The van der Waals surface area contributed by atoms with Crippen LogP contribution in [-0.4, -0.2) is 29.5 Å². The van der Waals surface area contributed by atoms with Crippen LogP contribution < -0.4 is 10.9 Å². The Morgan fingerprint density at radius 3 is 2.60 bits per heavy atom. The Morgan fingerprint density at radius 1 is 1.20 bits per heavy atom. The summed E-state index contributed by atoms with van der Waals surface area (Å²) in [4.78, 5) is 37.7. The van der Waals surface area contributed by atoms with Gasteiger partial charge in [0.1, 0.15) is 11.4 Å². The van der Waals surface area contributed by atoms with Crippen molar-refractivity contribution in [1.29, 1.82) is 0 Å². The molecule has 3 rings (SSSR count). The molecule has 2 heterocycles. The largest absolute Gasteiger partial charge is 0.462 e. The molecule has 6 heteroatoms. The van der Waals surface area contributed by atoms with Crippen molar-refractivity contribution >= 4 is 17.6 Å². The molecule has 1 aliphatic rings. The first-order valence-corrected chi connectivity index (χ1v) is 8.33. The van der Waals surface area contributed by atoms with Gasteiger partial charge in [0.2, 0.25) is 0 Å². The highest BCUT2D eigenvalue weighted by Crippen LogP contribution is 2.23. The van der Waals surface area contributed by atoms with E-state index in [9.17, 15) is 14.4 Å². The minimum absolute atomic E-state index is 0.107. The molecule has 1 aromatic heterocycles. The summed E-state index contributed by atoms with van der Waals surface area (Å²) in [6.07, 6.45) is 0.747. The molecule has 1 aromatic carbocycles. The van der Waals surface area contributed by atoms with Gasteiger partial charge in [0.15, 0.2) is 5.78 Å². The van der Waals surface area contributed by atoms with Crippen molar-refractivity contribution in [3.05, 3.63) is 62.9 Å². The first-order chi connectivity index (χ1) is 12.0. The molecule has 1 aliphatic heterocycles. The van der Waals surface area contributed by atoms with Crippen LogP contribution in [0, 0.1) is 6.92 Å². The third kappa shape index (κ3) is 3.20. The Labute approximate surface area is 145 Å². The lowest BCUT2D eigenvalue weighted by atomic mass is 10.0. The fraction of sp³-hybridized carbons (Fsp3) is 0.316. The Bertz CT molecular complexity index is 882. The van der Waals surface area contributed by atoms with E-state index < -0.39 is 11.5 Å². The van der Waals surface area contributed by atoms with E-state index in [1.807, 2.05) is 19.1 Å². The number of ketones is 1. The molecule has 25 heavy (non-hydrogen) atoms. The highest BCUT2D eigenvalue weighted by atomic mass is 16.5. The molecule has 0 aliphatic carbocycles. The molecule has 0 saturated heterocycles. The van der Waals surface area contributed by atoms with E-state index in [1.54, 1.807) is 19.1 Å². The smallest absolute Gasteiger partial charge is 0.343 e. The summed E-state index contributed by atoms with van der Waals surface area (Å²) >= 11 is 0. The number of esters is 1. The monoisotopic (exact) mass is 340 g/mol. The summed E-state index contributed by atoms with van der Waals surface area (Å²) in [6, 6.07) is 8.55. The number of benzene rings is 1. The van der Waals surface area contributed by atoms with Crippen molar-refractivity contribution in [3.8, 4) is 0 Å². The van der Waals surface area contributed by atoms with Crippen LogP contribution in [0.1, 0.15) is 45.2 Å². The fourth-order valence-corrected chi connectivity index (χ4v) is 2.90. The van der Waals surface area contributed by atoms with Crippen LogP contribution >= 0.6 is 0 Å². The Balaban J connectivity index is 2.16. The molecule has 130 valence electrons. The van der Waals surface area contributed by atoms with E-state index in [2.05, 4.69) is 5.32 Å². The third-order valence-electron chi connectivity index (χ3n) is 4.19. The lowest BCUT2D eigenvalue weighted by Crippen LogP contribution is -2.35. The van der Waals surface area contributed by atoms with Crippen molar-refractivity contribution in [1.82, 2.24) is 4.57 Å². The molecule has 1 N–H and O–H groups in total. The summed E-state index contributed by atoms with van der Waals surface area (Å²) in [7, 11) is 0. The summed E-state index contributed by atoms with van der Waals surface area (Å²) in [5, 5.41) is 3.12. The number of nitrogens with zero attached hydrogens (tertiary/aromatic N) is 1. The summed E-state index contributed by atoms with van der Waals surface area (Å²) in [5.74, 6) is -0.468. The van der Waals surface area contributed by atoms with Crippen molar-refractivity contribution in [3.63, 3.8) is 0 Å². The summed E-state index contributed by atoms with van der Waals surface area (Å²) in [5.41, 5.74) is 1.33. The van der Waals surface area contributed by atoms with E-state index in [0.29, 0.717) is 30.0 Å². The van der Waals surface area contributed by atoms with Gasteiger partial charge < -0.3 is 10.1 Å². The number of nitrogens with one attached hydrogen (secondary N) is 1. The normalized spacial score (nSPS) is 12.9. The highest BCUT2D eigenvalue weighted by Gasteiger charge is 2.25. The number of aryl methyl sites for hydroxylation is 1. The van der Waals surface area contributed by atoms with E-state index in [4.69, 9.17) is 4.74 Å². The van der Waals surface area contributed by atoms with E-state index in [1.165, 1.54) is 10.6 Å². The number of anilines is 1. The van der Waals surface area contributed by atoms with Gasteiger partial charge in [-0.05, 0) is 26.3 Å². The van der Waals surface area contributed by atoms with Crippen LogP contribution in [0.25, 0.3) is 0 Å². The van der Waals surface area contributed by atoms with E-state index in [0.717, 1.165) is 12.0 Å². The van der Waals surface area contributed by atoms with Crippen molar-refractivity contribution < 1.29 is 14.3 Å². The van der Waals surface area contributed by atoms with Crippen LogP contribution in [0.3, 0.4) is 0 Å². The quantitative estimate of drug-likeness (QED) is 0.683. The number of carbonyl (C=O) groups excluding carboxylic acids is 2.